The molecule has 0 bridgehead atoms. The highest BCUT2D eigenvalue weighted by Crippen LogP contribution is 2.18. The smallest absolute Gasteiger partial charge is 0.270 e. The van der Waals surface area contributed by atoms with Crippen LogP contribution in [-0.4, -0.2) is 17.0 Å². The van der Waals surface area contributed by atoms with Crippen molar-refractivity contribution in [3.05, 3.63) is 105 Å². The van der Waals surface area contributed by atoms with Gasteiger partial charge in [-0.2, -0.15) is 0 Å². The molecule has 0 aromatic heterocycles. The molecule has 0 radical (unpaired) electrons. The Morgan fingerprint density at radius 3 is 2.52 bits per heavy atom. The minimum Gasteiger partial charge on any atom is -0.322 e. The summed E-state index contributed by atoms with van der Waals surface area (Å²) in [7, 11) is 0. The van der Waals surface area contributed by atoms with Gasteiger partial charge in [0.25, 0.3) is 11.6 Å². The number of nitrogens with zero attached hydrogens (tertiary/aromatic N) is 2. The number of allylic oxidation sites excluding steroid dienone is 1. The standard InChI is InChI=1S/C22H16ClN3O3/c23-18-7-2-6-17(15-18)22(27)25-20-11-9-19(10-12-20)24-13-3-5-16-4-1-8-21(14-16)26(28)29/h1-15H,(H,25,27)/b5-3+,24-13?. The van der Waals surface area contributed by atoms with E-state index in [4.69, 9.17) is 11.6 Å². The third-order valence-electron chi connectivity index (χ3n) is 3.89. The highest BCUT2D eigenvalue weighted by atomic mass is 35.5. The first-order valence-corrected chi connectivity index (χ1v) is 9.01. The number of hydrogen-bond donors (Lipinski definition) is 1. The van der Waals surface area contributed by atoms with E-state index >= 15 is 0 Å². The third-order valence-corrected chi connectivity index (χ3v) is 4.13. The van der Waals surface area contributed by atoms with Crippen LogP contribution in [-0.2, 0) is 0 Å². The Morgan fingerprint density at radius 1 is 1.03 bits per heavy atom. The SMILES string of the molecule is O=C(Nc1ccc(N=C/C=C/c2cccc([N+](=O)[O-])c2)cc1)c1cccc(Cl)c1. The van der Waals surface area contributed by atoms with E-state index in [9.17, 15) is 14.9 Å². The van der Waals surface area contributed by atoms with Crippen LogP contribution >= 0.6 is 11.6 Å². The average molecular weight is 406 g/mol. The normalized spacial score (nSPS) is 11.1. The summed E-state index contributed by atoms with van der Waals surface area (Å²) in [4.78, 5) is 26.9. The second-order valence-corrected chi connectivity index (χ2v) is 6.44. The molecule has 0 spiro atoms. The van der Waals surface area contributed by atoms with Crippen LogP contribution in [0.25, 0.3) is 6.08 Å². The lowest BCUT2D eigenvalue weighted by Gasteiger charge is -2.05. The molecule has 0 saturated heterocycles. The minimum atomic E-state index is -0.432. The van der Waals surface area contributed by atoms with Crippen LogP contribution in [0.5, 0.6) is 0 Å². The fourth-order valence-electron chi connectivity index (χ4n) is 2.49. The zero-order valence-electron chi connectivity index (χ0n) is 15.2. The van der Waals surface area contributed by atoms with E-state index < -0.39 is 4.92 Å². The number of amides is 1. The molecule has 3 aromatic carbocycles. The van der Waals surface area contributed by atoms with Gasteiger partial charge in [0.15, 0.2) is 0 Å². The predicted molar refractivity (Wildman–Crippen MR) is 116 cm³/mol. The lowest BCUT2D eigenvalue weighted by atomic mass is 10.2. The molecule has 0 aliphatic heterocycles. The van der Waals surface area contributed by atoms with Crippen LogP contribution in [0.15, 0.2) is 83.9 Å². The molecule has 144 valence electrons. The number of nitrogens with one attached hydrogen (secondary N) is 1. The molecule has 6 nitrogen and oxygen atoms in total. The highest BCUT2D eigenvalue weighted by molar-refractivity contribution is 6.31. The van der Waals surface area contributed by atoms with E-state index in [0.717, 1.165) is 0 Å². The zero-order chi connectivity index (χ0) is 20.6. The molecule has 1 N–H and O–H groups in total. The monoisotopic (exact) mass is 405 g/mol. The van der Waals surface area contributed by atoms with Crippen molar-refractivity contribution in [2.45, 2.75) is 0 Å². The number of nitro groups is 1. The van der Waals surface area contributed by atoms with Crippen LogP contribution in [0.2, 0.25) is 5.02 Å². The van der Waals surface area contributed by atoms with Gasteiger partial charge < -0.3 is 5.32 Å². The van der Waals surface area contributed by atoms with Gasteiger partial charge in [-0.25, -0.2) is 0 Å². The van der Waals surface area contributed by atoms with Crippen molar-refractivity contribution in [2.75, 3.05) is 5.32 Å². The lowest BCUT2D eigenvalue weighted by molar-refractivity contribution is -0.384. The number of hydrogen-bond acceptors (Lipinski definition) is 4. The topological polar surface area (TPSA) is 84.6 Å². The van der Waals surface area contributed by atoms with Crippen molar-refractivity contribution < 1.29 is 9.72 Å². The number of halogens is 1. The van der Waals surface area contributed by atoms with Gasteiger partial charge in [0.2, 0.25) is 0 Å². The van der Waals surface area contributed by atoms with E-state index in [1.807, 2.05) is 0 Å². The van der Waals surface area contributed by atoms with E-state index in [-0.39, 0.29) is 11.6 Å². The quantitative estimate of drug-likeness (QED) is 0.314. The van der Waals surface area contributed by atoms with Crippen molar-refractivity contribution in [3.63, 3.8) is 0 Å². The van der Waals surface area contributed by atoms with Gasteiger partial charge >= 0.3 is 0 Å². The summed E-state index contributed by atoms with van der Waals surface area (Å²) in [6.45, 7) is 0. The molecule has 0 aliphatic rings. The molecule has 7 heteroatoms. The molecule has 0 fully saturated rings. The summed E-state index contributed by atoms with van der Waals surface area (Å²) in [5, 5.41) is 14.1. The Morgan fingerprint density at radius 2 is 1.79 bits per heavy atom. The first-order valence-electron chi connectivity index (χ1n) is 8.63. The summed E-state index contributed by atoms with van der Waals surface area (Å²) in [5.41, 5.74) is 2.57. The number of anilines is 1. The number of carbonyl (C=O) groups is 1. The molecule has 0 atom stereocenters. The number of benzene rings is 3. The highest BCUT2D eigenvalue weighted by Gasteiger charge is 2.06. The maximum absolute atomic E-state index is 12.2. The summed E-state index contributed by atoms with van der Waals surface area (Å²) >= 11 is 5.90. The summed E-state index contributed by atoms with van der Waals surface area (Å²) in [6, 6.07) is 20.1. The Kier molecular flexibility index (Phi) is 6.50. The Bertz CT molecular complexity index is 1090. The maximum atomic E-state index is 12.2. The summed E-state index contributed by atoms with van der Waals surface area (Å²) in [6.07, 6.45) is 5.03. The van der Waals surface area contributed by atoms with E-state index in [2.05, 4.69) is 10.3 Å². The minimum absolute atomic E-state index is 0.0412. The second kappa shape index (κ2) is 9.43. The molecule has 29 heavy (non-hydrogen) atoms. The van der Waals surface area contributed by atoms with Gasteiger partial charge in [0.05, 0.1) is 10.6 Å². The molecule has 3 aromatic rings. The van der Waals surface area contributed by atoms with Gasteiger partial charge in [-0.15, -0.1) is 0 Å². The number of aliphatic imine (C=N–C) groups is 1. The predicted octanol–water partition coefficient (Wildman–Crippen LogP) is 5.92. The molecular weight excluding hydrogens is 390 g/mol. The van der Waals surface area contributed by atoms with E-state index in [1.54, 1.807) is 79.0 Å². The Balaban J connectivity index is 1.59. The van der Waals surface area contributed by atoms with Crippen molar-refractivity contribution in [1.29, 1.82) is 0 Å². The van der Waals surface area contributed by atoms with Crippen LogP contribution in [0, 0.1) is 10.1 Å². The fourth-order valence-corrected chi connectivity index (χ4v) is 2.68. The number of rotatable bonds is 6. The molecule has 0 unspecified atom stereocenters. The first-order chi connectivity index (χ1) is 14.0. The molecule has 1 amide bonds. The van der Waals surface area contributed by atoms with Gasteiger partial charge in [-0.1, -0.05) is 35.9 Å². The van der Waals surface area contributed by atoms with Gasteiger partial charge in [-0.05, 0) is 54.1 Å². The van der Waals surface area contributed by atoms with Gasteiger partial charge in [0.1, 0.15) is 0 Å². The van der Waals surface area contributed by atoms with Crippen LogP contribution < -0.4 is 5.32 Å². The molecule has 3 rings (SSSR count). The van der Waals surface area contributed by atoms with Gasteiger partial charge in [-0.3, -0.25) is 19.9 Å². The molecular formula is C22H16ClN3O3. The van der Waals surface area contributed by atoms with Crippen molar-refractivity contribution in [1.82, 2.24) is 0 Å². The third kappa shape index (κ3) is 5.85. The van der Waals surface area contributed by atoms with Crippen molar-refractivity contribution in [3.8, 4) is 0 Å². The summed E-state index contributed by atoms with van der Waals surface area (Å²) < 4.78 is 0. The number of non-ortho nitro benzene ring substituents is 1. The zero-order valence-corrected chi connectivity index (χ0v) is 15.9. The molecule has 0 saturated carbocycles. The van der Waals surface area contributed by atoms with Crippen molar-refractivity contribution in [2.24, 2.45) is 4.99 Å². The Hall–Kier alpha value is -3.77. The van der Waals surface area contributed by atoms with E-state index in [0.29, 0.717) is 27.5 Å². The molecule has 0 heterocycles. The average Bonchev–Trinajstić information content (AvgIpc) is 2.72. The van der Waals surface area contributed by atoms with Gasteiger partial charge in [0, 0.05) is 34.6 Å². The summed E-state index contributed by atoms with van der Waals surface area (Å²) in [5.74, 6) is -0.247. The fraction of sp³-hybridized carbons (Fsp3) is 0. The van der Waals surface area contributed by atoms with E-state index in [1.165, 1.54) is 12.1 Å². The largest absolute Gasteiger partial charge is 0.322 e. The number of carbonyl (C=O) groups excluding carboxylic acids is 1. The lowest BCUT2D eigenvalue weighted by Crippen LogP contribution is -2.11. The number of nitro benzene ring substituents is 1. The van der Waals surface area contributed by atoms with Crippen LogP contribution in [0.4, 0.5) is 17.1 Å². The maximum Gasteiger partial charge on any atom is 0.270 e. The first kappa shape index (κ1) is 20.0. The van der Waals surface area contributed by atoms with Crippen molar-refractivity contribution >= 4 is 46.9 Å². The second-order valence-electron chi connectivity index (χ2n) is 6.00. The van der Waals surface area contributed by atoms with Crippen LogP contribution in [0.3, 0.4) is 0 Å². The Labute approximate surface area is 172 Å². The molecule has 0 aliphatic carbocycles. The van der Waals surface area contributed by atoms with Crippen LogP contribution in [0.1, 0.15) is 15.9 Å².